The SMILES string of the molecule is CNC(C)CNC(=O)C1CC(=O)N(c2cccc(S(N)(=O)=O)c2)C1. The van der Waals surface area contributed by atoms with Crippen LogP contribution >= 0.6 is 0 Å². The Hall–Kier alpha value is -1.97. The second-order valence-electron chi connectivity index (χ2n) is 5.88. The van der Waals surface area contributed by atoms with Gasteiger partial charge in [-0.2, -0.15) is 0 Å². The third kappa shape index (κ3) is 4.31. The maximum atomic E-state index is 12.2. The normalized spacial score (nSPS) is 19.4. The number of anilines is 1. The molecule has 2 atom stereocenters. The number of carbonyl (C=O) groups is 2. The first kappa shape index (κ1) is 18.4. The summed E-state index contributed by atoms with van der Waals surface area (Å²) in [5, 5.41) is 10.9. The zero-order chi connectivity index (χ0) is 17.9. The second-order valence-corrected chi connectivity index (χ2v) is 7.44. The van der Waals surface area contributed by atoms with Crippen molar-refractivity contribution in [1.82, 2.24) is 10.6 Å². The van der Waals surface area contributed by atoms with Gasteiger partial charge >= 0.3 is 0 Å². The molecule has 1 saturated heterocycles. The summed E-state index contributed by atoms with van der Waals surface area (Å²) < 4.78 is 22.9. The van der Waals surface area contributed by atoms with E-state index >= 15 is 0 Å². The molecule has 24 heavy (non-hydrogen) atoms. The number of nitrogens with zero attached hydrogens (tertiary/aromatic N) is 1. The molecule has 132 valence electrons. The zero-order valence-electron chi connectivity index (χ0n) is 13.7. The van der Waals surface area contributed by atoms with Gasteiger partial charge in [-0.1, -0.05) is 6.07 Å². The average Bonchev–Trinajstić information content (AvgIpc) is 2.93. The number of likely N-dealkylation sites (N-methyl/N-ethyl adjacent to an activating group) is 1. The Morgan fingerprint density at radius 2 is 2.17 bits per heavy atom. The Labute approximate surface area is 141 Å². The van der Waals surface area contributed by atoms with Gasteiger partial charge in [0.2, 0.25) is 21.8 Å². The molecule has 2 rings (SSSR count). The minimum Gasteiger partial charge on any atom is -0.354 e. The fourth-order valence-electron chi connectivity index (χ4n) is 2.46. The highest BCUT2D eigenvalue weighted by Crippen LogP contribution is 2.26. The molecule has 1 aromatic carbocycles. The summed E-state index contributed by atoms with van der Waals surface area (Å²) in [6.07, 6.45) is 0.0966. The van der Waals surface area contributed by atoms with Crippen molar-refractivity contribution >= 4 is 27.5 Å². The fraction of sp³-hybridized carbons (Fsp3) is 0.467. The highest BCUT2D eigenvalue weighted by molar-refractivity contribution is 7.89. The molecule has 1 aliphatic heterocycles. The monoisotopic (exact) mass is 354 g/mol. The van der Waals surface area contributed by atoms with Gasteiger partial charge in [-0.25, -0.2) is 13.6 Å². The van der Waals surface area contributed by atoms with Crippen LogP contribution in [0, 0.1) is 5.92 Å². The van der Waals surface area contributed by atoms with E-state index in [9.17, 15) is 18.0 Å². The van der Waals surface area contributed by atoms with E-state index in [0.717, 1.165) is 0 Å². The molecular formula is C15H22N4O4S. The van der Waals surface area contributed by atoms with Crippen LogP contribution in [0.5, 0.6) is 0 Å². The lowest BCUT2D eigenvalue weighted by Crippen LogP contribution is -2.40. The lowest BCUT2D eigenvalue weighted by Gasteiger charge is -2.18. The van der Waals surface area contributed by atoms with E-state index in [4.69, 9.17) is 5.14 Å². The van der Waals surface area contributed by atoms with Crippen LogP contribution in [0.4, 0.5) is 5.69 Å². The fourth-order valence-corrected chi connectivity index (χ4v) is 3.01. The van der Waals surface area contributed by atoms with Crippen molar-refractivity contribution in [3.63, 3.8) is 0 Å². The van der Waals surface area contributed by atoms with Crippen LogP contribution in [0.2, 0.25) is 0 Å². The van der Waals surface area contributed by atoms with Crippen molar-refractivity contribution in [2.75, 3.05) is 25.0 Å². The Bertz CT molecular complexity index is 735. The van der Waals surface area contributed by atoms with E-state index in [2.05, 4.69) is 10.6 Å². The first-order valence-corrected chi connectivity index (χ1v) is 9.15. The predicted octanol–water partition coefficient (Wildman–Crippen LogP) is -0.589. The van der Waals surface area contributed by atoms with E-state index in [0.29, 0.717) is 12.2 Å². The summed E-state index contributed by atoms with van der Waals surface area (Å²) in [5.41, 5.74) is 0.422. The molecule has 1 heterocycles. The van der Waals surface area contributed by atoms with Gasteiger partial charge in [0.15, 0.2) is 0 Å². The lowest BCUT2D eigenvalue weighted by molar-refractivity contribution is -0.126. The van der Waals surface area contributed by atoms with Crippen molar-refractivity contribution in [2.24, 2.45) is 11.1 Å². The molecule has 0 bridgehead atoms. The van der Waals surface area contributed by atoms with E-state index in [-0.39, 0.29) is 35.7 Å². The highest BCUT2D eigenvalue weighted by atomic mass is 32.2. The van der Waals surface area contributed by atoms with Gasteiger partial charge in [0.05, 0.1) is 10.8 Å². The molecule has 1 fully saturated rings. The van der Waals surface area contributed by atoms with Gasteiger partial charge in [0, 0.05) is 31.2 Å². The summed E-state index contributed by atoms with van der Waals surface area (Å²) >= 11 is 0. The Kier molecular flexibility index (Phi) is 5.58. The number of primary sulfonamides is 1. The van der Waals surface area contributed by atoms with Crippen molar-refractivity contribution in [3.05, 3.63) is 24.3 Å². The first-order valence-electron chi connectivity index (χ1n) is 7.60. The van der Waals surface area contributed by atoms with Crippen LogP contribution in [0.1, 0.15) is 13.3 Å². The molecule has 9 heteroatoms. The number of hydrogen-bond acceptors (Lipinski definition) is 5. The van der Waals surface area contributed by atoms with Crippen molar-refractivity contribution in [1.29, 1.82) is 0 Å². The minimum atomic E-state index is -3.85. The highest BCUT2D eigenvalue weighted by Gasteiger charge is 2.35. The molecule has 0 aromatic heterocycles. The number of benzene rings is 1. The van der Waals surface area contributed by atoms with Crippen LogP contribution in [0.15, 0.2) is 29.2 Å². The molecule has 2 amide bonds. The summed E-state index contributed by atoms with van der Waals surface area (Å²) in [6, 6.07) is 5.98. The maximum Gasteiger partial charge on any atom is 0.238 e. The first-order chi connectivity index (χ1) is 11.2. The molecule has 1 aromatic rings. The second kappa shape index (κ2) is 7.29. The van der Waals surface area contributed by atoms with Crippen molar-refractivity contribution < 1.29 is 18.0 Å². The molecule has 8 nitrogen and oxygen atoms in total. The van der Waals surface area contributed by atoms with E-state index in [1.165, 1.54) is 23.1 Å². The summed E-state index contributed by atoms with van der Waals surface area (Å²) in [6.45, 7) is 2.62. The molecule has 1 aliphatic rings. The van der Waals surface area contributed by atoms with Crippen molar-refractivity contribution in [3.8, 4) is 0 Å². The molecule has 0 spiro atoms. The van der Waals surface area contributed by atoms with Gasteiger partial charge in [0.25, 0.3) is 0 Å². The van der Waals surface area contributed by atoms with Crippen molar-refractivity contribution in [2.45, 2.75) is 24.3 Å². The number of nitrogens with one attached hydrogen (secondary N) is 2. The number of rotatable bonds is 6. The number of carbonyl (C=O) groups excluding carboxylic acids is 2. The standard InChI is InChI=1S/C15H22N4O4S/c1-10(17-2)8-18-15(21)11-6-14(20)19(9-11)12-4-3-5-13(7-12)24(16,22)23/h3-5,7,10-11,17H,6,8-9H2,1-2H3,(H,18,21)(H2,16,22,23). The van der Waals surface area contributed by atoms with Crippen LogP contribution < -0.4 is 20.7 Å². The average molecular weight is 354 g/mol. The van der Waals surface area contributed by atoms with Crippen LogP contribution in [0.25, 0.3) is 0 Å². The van der Waals surface area contributed by atoms with Gasteiger partial charge in [-0.3, -0.25) is 9.59 Å². The molecule has 0 radical (unpaired) electrons. The summed E-state index contributed by atoms with van der Waals surface area (Å²) in [5.74, 6) is -0.862. The summed E-state index contributed by atoms with van der Waals surface area (Å²) in [7, 11) is -2.05. The lowest BCUT2D eigenvalue weighted by atomic mass is 10.1. The van der Waals surface area contributed by atoms with E-state index < -0.39 is 15.9 Å². The Morgan fingerprint density at radius 1 is 1.46 bits per heavy atom. The van der Waals surface area contributed by atoms with Crippen LogP contribution in [-0.2, 0) is 19.6 Å². The van der Waals surface area contributed by atoms with Gasteiger partial charge in [-0.15, -0.1) is 0 Å². The van der Waals surface area contributed by atoms with Crippen LogP contribution in [-0.4, -0.2) is 46.4 Å². The van der Waals surface area contributed by atoms with Gasteiger partial charge in [-0.05, 0) is 32.2 Å². The zero-order valence-corrected chi connectivity index (χ0v) is 14.5. The molecule has 0 saturated carbocycles. The largest absolute Gasteiger partial charge is 0.354 e. The number of amides is 2. The molecule has 4 N–H and O–H groups in total. The van der Waals surface area contributed by atoms with E-state index in [1.54, 1.807) is 13.1 Å². The molecule has 2 unspecified atom stereocenters. The van der Waals surface area contributed by atoms with E-state index in [1.807, 2.05) is 6.92 Å². The maximum absolute atomic E-state index is 12.2. The smallest absolute Gasteiger partial charge is 0.238 e. The predicted molar refractivity (Wildman–Crippen MR) is 89.8 cm³/mol. The number of sulfonamides is 1. The molecule has 0 aliphatic carbocycles. The Morgan fingerprint density at radius 3 is 2.79 bits per heavy atom. The number of hydrogen-bond donors (Lipinski definition) is 3. The van der Waals surface area contributed by atoms with Gasteiger partial charge < -0.3 is 15.5 Å². The minimum absolute atomic E-state index is 0.0662. The third-order valence-corrected chi connectivity index (χ3v) is 4.94. The summed E-state index contributed by atoms with van der Waals surface area (Å²) in [4.78, 5) is 25.7. The third-order valence-electron chi connectivity index (χ3n) is 4.03. The number of nitrogens with two attached hydrogens (primary N) is 1. The molecular weight excluding hydrogens is 332 g/mol. The van der Waals surface area contributed by atoms with Crippen LogP contribution in [0.3, 0.4) is 0 Å². The van der Waals surface area contributed by atoms with Gasteiger partial charge in [0.1, 0.15) is 0 Å². The quantitative estimate of drug-likeness (QED) is 0.630. The topological polar surface area (TPSA) is 122 Å². The Balaban J connectivity index is 2.09.